The number of nitrogens with one attached hydrogen (secondary N) is 1. The summed E-state index contributed by atoms with van der Waals surface area (Å²) in [6.07, 6.45) is 1.86. The molecule has 0 aromatic rings. The Bertz CT molecular complexity index is 77.4. The van der Waals surface area contributed by atoms with E-state index in [2.05, 4.69) is 4.72 Å². The first-order valence-corrected chi connectivity index (χ1v) is 4.78. The average molecular weight is 153 g/mol. The fourth-order valence-corrected chi connectivity index (χ4v) is 1.34. The molecule has 0 rings (SSSR count). The molecule has 3 N–H and O–H groups in total. The van der Waals surface area contributed by atoms with Gasteiger partial charge in [0.2, 0.25) is 0 Å². The maximum Gasteiger partial charge on any atom is 0.0528 e. The van der Waals surface area contributed by atoms with Crippen LogP contribution in [0.4, 0.5) is 0 Å². The highest BCUT2D eigenvalue weighted by Gasteiger charge is 2.05. The standard InChI is InChI=1S/C5H15NO2S/c1-3-4-5-9(7,8)6-2/h6-8H,3-5H2,1-2H3. The van der Waals surface area contributed by atoms with E-state index in [1.54, 1.807) is 7.05 Å². The smallest absolute Gasteiger partial charge is 0.0528 e. The minimum Gasteiger partial charge on any atom is -0.286 e. The van der Waals surface area contributed by atoms with Gasteiger partial charge in [-0.25, -0.2) is 4.72 Å². The molecule has 0 aliphatic heterocycles. The molecule has 0 spiro atoms. The zero-order valence-corrected chi connectivity index (χ0v) is 6.74. The van der Waals surface area contributed by atoms with Crippen molar-refractivity contribution < 1.29 is 9.11 Å². The third-order valence-corrected chi connectivity index (χ3v) is 2.62. The minimum atomic E-state index is -2.43. The van der Waals surface area contributed by atoms with E-state index in [9.17, 15) is 0 Å². The summed E-state index contributed by atoms with van der Waals surface area (Å²) in [5.41, 5.74) is 0. The first-order chi connectivity index (χ1) is 4.12. The molecule has 0 amide bonds. The van der Waals surface area contributed by atoms with Gasteiger partial charge in [0.25, 0.3) is 0 Å². The molecular formula is C5H15NO2S. The maximum absolute atomic E-state index is 8.98. The van der Waals surface area contributed by atoms with E-state index in [1.807, 2.05) is 6.92 Å². The van der Waals surface area contributed by atoms with Crippen molar-refractivity contribution in [1.29, 1.82) is 0 Å². The van der Waals surface area contributed by atoms with Crippen molar-refractivity contribution in [1.82, 2.24) is 4.72 Å². The molecule has 0 radical (unpaired) electrons. The van der Waals surface area contributed by atoms with Crippen LogP contribution in [0.25, 0.3) is 0 Å². The van der Waals surface area contributed by atoms with Crippen LogP contribution in [0.15, 0.2) is 0 Å². The molecule has 0 atom stereocenters. The summed E-state index contributed by atoms with van der Waals surface area (Å²) in [4.78, 5) is 0. The van der Waals surface area contributed by atoms with Crippen LogP contribution in [0.3, 0.4) is 0 Å². The van der Waals surface area contributed by atoms with E-state index >= 15 is 0 Å². The lowest BCUT2D eigenvalue weighted by Gasteiger charge is -2.30. The van der Waals surface area contributed by atoms with E-state index in [-0.39, 0.29) is 0 Å². The fourth-order valence-electron chi connectivity index (χ4n) is 0.448. The van der Waals surface area contributed by atoms with Gasteiger partial charge in [-0.3, -0.25) is 9.11 Å². The zero-order valence-electron chi connectivity index (χ0n) is 5.92. The number of hydrogen-bond donors (Lipinski definition) is 3. The molecule has 58 valence electrons. The quantitative estimate of drug-likeness (QED) is 0.576. The van der Waals surface area contributed by atoms with Crippen LogP contribution in [0, 0.1) is 0 Å². The van der Waals surface area contributed by atoms with Crippen molar-refractivity contribution in [2.75, 3.05) is 12.8 Å². The Kier molecular flexibility index (Phi) is 4.22. The van der Waals surface area contributed by atoms with Gasteiger partial charge in [-0.2, -0.15) is 0 Å². The lowest BCUT2D eigenvalue weighted by molar-refractivity contribution is 0.473. The van der Waals surface area contributed by atoms with E-state index in [0.717, 1.165) is 12.8 Å². The Hall–Kier alpha value is 0.230. The van der Waals surface area contributed by atoms with E-state index in [4.69, 9.17) is 9.11 Å². The van der Waals surface area contributed by atoms with Crippen molar-refractivity contribution in [2.24, 2.45) is 0 Å². The summed E-state index contributed by atoms with van der Waals surface area (Å²) < 4.78 is 20.4. The molecule has 0 fully saturated rings. The number of unbranched alkanes of at least 4 members (excludes halogenated alkanes) is 1. The molecule has 0 saturated heterocycles. The van der Waals surface area contributed by atoms with Crippen LogP contribution >= 0.6 is 10.8 Å². The second-order valence-electron chi connectivity index (χ2n) is 1.93. The van der Waals surface area contributed by atoms with Gasteiger partial charge in [0, 0.05) is 7.05 Å². The van der Waals surface area contributed by atoms with Crippen LogP contribution in [-0.4, -0.2) is 21.9 Å². The second kappa shape index (κ2) is 4.11. The molecule has 0 aromatic heterocycles. The molecule has 0 saturated carbocycles. The van der Waals surface area contributed by atoms with Gasteiger partial charge in [0.15, 0.2) is 0 Å². The van der Waals surface area contributed by atoms with Crippen LogP contribution in [-0.2, 0) is 0 Å². The Morgan fingerprint density at radius 3 is 2.33 bits per heavy atom. The lowest BCUT2D eigenvalue weighted by Crippen LogP contribution is -2.17. The molecule has 9 heavy (non-hydrogen) atoms. The summed E-state index contributed by atoms with van der Waals surface area (Å²) in [5.74, 6) is 0.472. The predicted octanol–water partition coefficient (Wildman–Crippen LogP) is 1.67. The highest BCUT2D eigenvalue weighted by atomic mass is 32.3. The van der Waals surface area contributed by atoms with Crippen LogP contribution in [0.2, 0.25) is 0 Å². The molecular weight excluding hydrogens is 138 g/mol. The Morgan fingerprint density at radius 1 is 1.44 bits per heavy atom. The summed E-state index contributed by atoms with van der Waals surface area (Å²) in [7, 11) is -0.871. The van der Waals surface area contributed by atoms with Crippen LogP contribution in [0.5, 0.6) is 0 Å². The van der Waals surface area contributed by atoms with Gasteiger partial charge in [-0.15, -0.1) is 10.8 Å². The highest BCUT2D eigenvalue weighted by Crippen LogP contribution is 2.32. The first kappa shape index (κ1) is 9.23. The van der Waals surface area contributed by atoms with Crippen molar-refractivity contribution in [2.45, 2.75) is 19.8 Å². The minimum absolute atomic E-state index is 0.472. The van der Waals surface area contributed by atoms with Crippen LogP contribution in [0.1, 0.15) is 19.8 Å². The normalized spacial score (nSPS) is 13.8. The van der Waals surface area contributed by atoms with Gasteiger partial charge in [-0.1, -0.05) is 13.3 Å². The Morgan fingerprint density at radius 2 is 2.00 bits per heavy atom. The SMILES string of the molecule is CCCCS(O)(O)NC. The maximum atomic E-state index is 8.98. The highest BCUT2D eigenvalue weighted by molar-refractivity contribution is 8.22. The molecule has 0 bridgehead atoms. The van der Waals surface area contributed by atoms with E-state index in [0.29, 0.717) is 5.75 Å². The van der Waals surface area contributed by atoms with Crippen molar-refractivity contribution in [3.05, 3.63) is 0 Å². The van der Waals surface area contributed by atoms with Gasteiger partial charge in [0.05, 0.1) is 5.75 Å². The Labute approximate surface area is 57.9 Å². The molecule has 0 aromatic carbocycles. The van der Waals surface area contributed by atoms with Gasteiger partial charge in [-0.05, 0) is 6.42 Å². The first-order valence-electron chi connectivity index (χ1n) is 3.07. The third-order valence-electron chi connectivity index (χ3n) is 1.11. The van der Waals surface area contributed by atoms with Gasteiger partial charge < -0.3 is 0 Å². The van der Waals surface area contributed by atoms with Crippen molar-refractivity contribution >= 4 is 10.8 Å². The lowest BCUT2D eigenvalue weighted by atomic mass is 10.4. The molecule has 0 unspecified atom stereocenters. The van der Waals surface area contributed by atoms with Gasteiger partial charge in [0.1, 0.15) is 0 Å². The summed E-state index contributed by atoms with van der Waals surface area (Å²) in [6, 6.07) is 0. The molecule has 0 aliphatic carbocycles. The average Bonchev–Trinajstić information content (AvgIpc) is 1.84. The third kappa shape index (κ3) is 4.72. The number of rotatable bonds is 4. The van der Waals surface area contributed by atoms with Crippen molar-refractivity contribution in [3.8, 4) is 0 Å². The van der Waals surface area contributed by atoms with Crippen molar-refractivity contribution in [3.63, 3.8) is 0 Å². The molecule has 0 aliphatic rings. The topological polar surface area (TPSA) is 52.5 Å². The summed E-state index contributed by atoms with van der Waals surface area (Å²) in [5, 5.41) is 0. The summed E-state index contributed by atoms with van der Waals surface area (Å²) in [6.45, 7) is 2.02. The van der Waals surface area contributed by atoms with Gasteiger partial charge >= 0.3 is 0 Å². The predicted molar refractivity (Wildman–Crippen MR) is 41.7 cm³/mol. The molecule has 3 nitrogen and oxygen atoms in total. The fraction of sp³-hybridized carbons (Fsp3) is 1.00. The largest absolute Gasteiger partial charge is 0.286 e. The Balaban J connectivity index is 3.33. The van der Waals surface area contributed by atoms with Crippen LogP contribution < -0.4 is 4.72 Å². The molecule has 0 heterocycles. The second-order valence-corrected chi connectivity index (χ2v) is 4.08. The van der Waals surface area contributed by atoms with E-state index < -0.39 is 10.8 Å². The zero-order chi connectivity index (χ0) is 7.33. The van der Waals surface area contributed by atoms with E-state index in [1.165, 1.54) is 0 Å². The molecule has 4 heteroatoms. The monoisotopic (exact) mass is 153 g/mol. The number of hydrogen-bond acceptors (Lipinski definition) is 3. The summed E-state index contributed by atoms with van der Waals surface area (Å²) >= 11 is 0.